The fourth-order valence-electron chi connectivity index (χ4n) is 3.01. The average molecular weight is 259 g/mol. The molecule has 1 nitrogen and oxygen atoms in total. The second-order valence-corrected chi connectivity index (χ2v) is 7.26. The second-order valence-electron chi connectivity index (χ2n) is 7.26. The first-order chi connectivity index (χ1) is 8.95. The molecule has 0 bridgehead atoms. The summed E-state index contributed by atoms with van der Waals surface area (Å²) < 4.78 is 0. The molecule has 1 heterocycles. The molecule has 1 heteroatoms. The van der Waals surface area contributed by atoms with E-state index in [4.69, 9.17) is 0 Å². The maximum absolute atomic E-state index is 2.62. The van der Waals surface area contributed by atoms with Gasteiger partial charge in [0.15, 0.2) is 0 Å². The number of likely N-dealkylation sites (tertiary alicyclic amines) is 1. The lowest BCUT2D eigenvalue weighted by Gasteiger charge is -2.21. The van der Waals surface area contributed by atoms with Gasteiger partial charge in [-0.25, -0.2) is 0 Å². The minimum absolute atomic E-state index is 0.264. The molecule has 1 unspecified atom stereocenters. The molecule has 1 fully saturated rings. The van der Waals surface area contributed by atoms with Crippen molar-refractivity contribution in [1.82, 2.24) is 4.90 Å². The third-order valence-corrected chi connectivity index (χ3v) is 4.17. The Kier molecular flexibility index (Phi) is 4.67. The first kappa shape index (κ1) is 14.6. The van der Waals surface area contributed by atoms with Crippen molar-refractivity contribution >= 4 is 0 Å². The standard InChI is InChI=1S/C18H29N/c1-15(14-19-11-5-6-12-19)13-16-7-9-17(10-8-16)18(2,3)4/h7-10,15H,5-6,11-14H2,1-4H3. The molecule has 1 atom stereocenters. The number of hydrogen-bond acceptors (Lipinski definition) is 1. The molecule has 0 spiro atoms. The van der Waals surface area contributed by atoms with Gasteiger partial charge in [-0.15, -0.1) is 0 Å². The summed E-state index contributed by atoms with van der Waals surface area (Å²) in [5.74, 6) is 0.763. The molecule has 0 radical (unpaired) electrons. The number of rotatable bonds is 4. The van der Waals surface area contributed by atoms with Gasteiger partial charge in [0.05, 0.1) is 0 Å². The lowest BCUT2D eigenvalue weighted by atomic mass is 9.86. The Morgan fingerprint density at radius 1 is 1.05 bits per heavy atom. The van der Waals surface area contributed by atoms with Crippen molar-refractivity contribution < 1.29 is 0 Å². The molecule has 1 aliphatic rings. The SMILES string of the molecule is CC(Cc1ccc(C(C)(C)C)cc1)CN1CCCC1. The van der Waals surface area contributed by atoms with Crippen molar-refractivity contribution in [2.24, 2.45) is 5.92 Å². The van der Waals surface area contributed by atoms with Crippen LogP contribution in [0.3, 0.4) is 0 Å². The Hall–Kier alpha value is -0.820. The maximum atomic E-state index is 2.62. The Balaban J connectivity index is 1.88. The molecule has 106 valence electrons. The molecule has 0 amide bonds. The van der Waals surface area contributed by atoms with Crippen LogP contribution in [-0.4, -0.2) is 24.5 Å². The summed E-state index contributed by atoms with van der Waals surface area (Å²) >= 11 is 0. The third-order valence-electron chi connectivity index (χ3n) is 4.17. The van der Waals surface area contributed by atoms with Crippen LogP contribution in [0.1, 0.15) is 51.7 Å². The van der Waals surface area contributed by atoms with Crippen LogP contribution in [0.15, 0.2) is 24.3 Å². The van der Waals surface area contributed by atoms with Gasteiger partial charge >= 0.3 is 0 Å². The van der Waals surface area contributed by atoms with E-state index in [0.29, 0.717) is 0 Å². The van der Waals surface area contributed by atoms with Crippen LogP contribution in [0.5, 0.6) is 0 Å². The van der Waals surface area contributed by atoms with Crippen LogP contribution in [0.4, 0.5) is 0 Å². The Labute approximate surface area is 119 Å². The van der Waals surface area contributed by atoms with Gasteiger partial charge < -0.3 is 4.90 Å². The van der Waals surface area contributed by atoms with Crippen LogP contribution in [-0.2, 0) is 11.8 Å². The molecule has 0 aromatic heterocycles. The van der Waals surface area contributed by atoms with Crippen LogP contribution in [0, 0.1) is 5.92 Å². The summed E-state index contributed by atoms with van der Waals surface area (Å²) in [5.41, 5.74) is 3.18. The normalized spacial score (nSPS) is 18.7. The minimum atomic E-state index is 0.264. The molecule has 0 saturated carbocycles. The lowest BCUT2D eigenvalue weighted by molar-refractivity contribution is 0.287. The third kappa shape index (κ3) is 4.35. The molecule has 1 aliphatic heterocycles. The Morgan fingerprint density at radius 2 is 1.63 bits per heavy atom. The van der Waals surface area contributed by atoms with Crippen LogP contribution < -0.4 is 0 Å². The van der Waals surface area contributed by atoms with E-state index in [1.54, 1.807) is 0 Å². The highest BCUT2D eigenvalue weighted by Crippen LogP contribution is 2.23. The van der Waals surface area contributed by atoms with Gasteiger partial charge in [0.1, 0.15) is 0 Å². The zero-order chi connectivity index (χ0) is 13.9. The van der Waals surface area contributed by atoms with Crippen molar-refractivity contribution in [2.75, 3.05) is 19.6 Å². The summed E-state index contributed by atoms with van der Waals surface area (Å²) in [6.45, 7) is 13.1. The second kappa shape index (κ2) is 6.09. The summed E-state index contributed by atoms with van der Waals surface area (Å²) in [5, 5.41) is 0. The molecular formula is C18H29N. The fourth-order valence-corrected chi connectivity index (χ4v) is 3.01. The van der Waals surface area contributed by atoms with Crippen molar-refractivity contribution in [3.05, 3.63) is 35.4 Å². The van der Waals surface area contributed by atoms with Crippen molar-refractivity contribution in [3.8, 4) is 0 Å². The molecule has 1 aromatic rings. The van der Waals surface area contributed by atoms with Gasteiger partial charge in [0.2, 0.25) is 0 Å². The zero-order valence-electron chi connectivity index (χ0n) is 13.1. The molecule has 0 N–H and O–H groups in total. The van der Waals surface area contributed by atoms with Crippen molar-refractivity contribution in [3.63, 3.8) is 0 Å². The van der Waals surface area contributed by atoms with E-state index in [9.17, 15) is 0 Å². The number of benzene rings is 1. The monoisotopic (exact) mass is 259 g/mol. The van der Waals surface area contributed by atoms with Gasteiger partial charge in [-0.1, -0.05) is 52.0 Å². The molecule has 1 aromatic carbocycles. The van der Waals surface area contributed by atoms with E-state index >= 15 is 0 Å². The number of nitrogens with zero attached hydrogens (tertiary/aromatic N) is 1. The predicted octanol–water partition coefficient (Wildman–Crippen LogP) is 4.26. The van der Waals surface area contributed by atoms with E-state index < -0.39 is 0 Å². The van der Waals surface area contributed by atoms with Gasteiger partial charge in [0.25, 0.3) is 0 Å². The molecule has 1 saturated heterocycles. The molecular weight excluding hydrogens is 230 g/mol. The molecule has 19 heavy (non-hydrogen) atoms. The largest absolute Gasteiger partial charge is 0.303 e. The van der Waals surface area contributed by atoms with Crippen LogP contribution >= 0.6 is 0 Å². The maximum Gasteiger partial charge on any atom is 0.00102 e. The first-order valence-electron chi connectivity index (χ1n) is 7.77. The van der Waals surface area contributed by atoms with E-state index in [1.807, 2.05) is 0 Å². The first-order valence-corrected chi connectivity index (χ1v) is 7.77. The van der Waals surface area contributed by atoms with E-state index in [2.05, 4.69) is 56.9 Å². The van der Waals surface area contributed by atoms with Gasteiger partial charge in [-0.3, -0.25) is 0 Å². The zero-order valence-corrected chi connectivity index (χ0v) is 13.1. The summed E-state index contributed by atoms with van der Waals surface area (Å²) in [7, 11) is 0. The fraction of sp³-hybridized carbons (Fsp3) is 0.667. The van der Waals surface area contributed by atoms with E-state index in [0.717, 1.165) is 5.92 Å². The molecule has 2 rings (SSSR count). The van der Waals surface area contributed by atoms with E-state index in [1.165, 1.54) is 50.0 Å². The van der Waals surface area contributed by atoms with Gasteiger partial charge in [0, 0.05) is 6.54 Å². The Bertz CT molecular complexity index is 379. The smallest absolute Gasteiger partial charge is 0.00102 e. The summed E-state index contributed by atoms with van der Waals surface area (Å²) in [4.78, 5) is 2.62. The lowest BCUT2D eigenvalue weighted by Crippen LogP contribution is -2.26. The van der Waals surface area contributed by atoms with Crippen LogP contribution in [0.25, 0.3) is 0 Å². The van der Waals surface area contributed by atoms with Gasteiger partial charge in [-0.05, 0) is 54.8 Å². The highest BCUT2D eigenvalue weighted by molar-refractivity contribution is 5.27. The topological polar surface area (TPSA) is 3.24 Å². The molecule has 0 aliphatic carbocycles. The van der Waals surface area contributed by atoms with Crippen molar-refractivity contribution in [1.29, 1.82) is 0 Å². The van der Waals surface area contributed by atoms with Crippen LogP contribution in [0.2, 0.25) is 0 Å². The summed E-state index contributed by atoms with van der Waals surface area (Å²) in [6, 6.07) is 9.25. The highest BCUT2D eigenvalue weighted by Gasteiger charge is 2.16. The summed E-state index contributed by atoms with van der Waals surface area (Å²) in [6.07, 6.45) is 4.00. The van der Waals surface area contributed by atoms with E-state index in [-0.39, 0.29) is 5.41 Å². The van der Waals surface area contributed by atoms with Crippen molar-refractivity contribution in [2.45, 2.75) is 52.4 Å². The Morgan fingerprint density at radius 3 is 2.16 bits per heavy atom. The highest BCUT2D eigenvalue weighted by atomic mass is 15.1. The quantitative estimate of drug-likeness (QED) is 0.781. The number of hydrogen-bond donors (Lipinski definition) is 0. The van der Waals surface area contributed by atoms with Gasteiger partial charge in [-0.2, -0.15) is 0 Å². The predicted molar refractivity (Wildman–Crippen MR) is 83.7 cm³/mol. The average Bonchev–Trinajstić information content (AvgIpc) is 2.81. The minimum Gasteiger partial charge on any atom is -0.303 e.